The molecule has 0 aromatic heterocycles. The Kier molecular flexibility index (Phi) is 2.61. The van der Waals surface area contributed by atoms with Gasteiger partial charge in [0.25, 0.3) is 0 Å². The molecule has 2 aliphatic carbocycles. The van der Waals surface area contributed by atoms with Crippen molar-refractivity contribution in [3.05, 3.63) is 0 Å². The van der Waals surface area contributed by atoms with E-state index in [0.29, 0.717) is 6.61 Å². The summed E-state index contributed by atoms with van der Waals surface area (Å²) in [6.45, 7) is 1.51. The van der Waals surface area contributed by atoms with Gasteiger partial charge in [-0.15, -0.1) is 0 Å². The molecule has 0 aromatic rings. The van der Waals surface area contributed by atoms with Gasteiger partial charge in [-0.1, -0.05) is 12.8 Å². The molecule has 0 bridgehead atoms. The highest BCUT2D eigenvalue weighted by atomic mass is 16.3. The summed E-state index contributed by atoms with van der Waals surface area (Å²) in [7, 11) is 2.22. The van der Waals surface area contributed by atoms with Crippen LogP contribution in [0, 0.1) is 5.41 Å². The molecule has 2 aliphatic rings. The first-order chi connectivity index (χ1) is 6.26. The van der Waals surface area contributed by atoms with Crippen LogP contribution in [0.25, 0.3) is 0 Å². The number of aliphatic hydroxyl groups excluding tert-OH is 1. The van der Waals surface area contributed by atoms with E-state index in [0.717, 1.165) is 12.6 Å². The van der Waals surface area contributed by atoms with Gasteiger partial charge in [0, 0.05) is 24.6 Å². The third-order valence-corrected chi connectivity index (χ3v) is 4.03. The Balaban J connectivity index is 1.81. The molecule has 0 radical (unpaired) electrons. The van der Waals surface area contributed by atoms with Crippen LogP contribution in [-0.2, 0) is 0 Å². The Bertz CT molecular complexity index is 167. The zero-order valence-electron chi connectivity index (χ0n) is 8.63. The second-order valence-corrected chi connectivity index (χ2v) is 5.01. The summed E-state index contributed by atoms with van der Waals surface area (Å²) in [5.74, 6) is 0. The Hall–Kier alpha value is -0.0800. The van der Waals surface area contributed by atoms with Gasteiger partial charge in [-0.25, -0.2) is 0 Å². The van der Waals surface area contributed by atoms with Crippen LogP contribution in [0.2, 0.25) is 0 Å². The van der Waals surface area contributed by atoms with Crippen molar-refractivity contribution >= 4 is 0 Å². The maximum absolute atomic E-state index is 9.33. The molecule has 0 atom stereocenters. The molecule has 2 nitrogen and oxygen atoms in total. The molecule has 2 fully saturated rings. The molecule has 0 aromatic carbocycles. The predicted molar refractivity (Wildman–Crippen MR) is 53.6 cm³/mol. The van der Waals surface area contributed by atoms with Gasteiger partial charge in [0.05, 0.1) is 0 Å². The lowest BCUT2D eigenvalue weighted by molar-refractivity contribution is -0.00647. The lowest BCUT2D eigenvalue weighted by Crippen LogP contribution is -2.48. The van der Waals surface area contributed by atoms with Gasteiger partial charge in [-0.2, -0.15) is 0 Å². The van der Waals surface area contributed by atoms with E-state index in [1.807, 2.05) is 0 Å². The van der Waals surface area contributed by atoms with Crippen molar-refractivity contribution in [2.75, 3.05) is 20.2 Å². The van der Waals surface area contributed by atoms with E-state index in [1.54, 1.807) is 0 Å². The minimum absolute atomic E-state index is 0.282. The van der Waals surface area contributed by atoms with Gasteiger partial charge in [0.2, 0.25) is 0 Å². The van der Waals surface area contributed by atoms with Gasteiger partial charge >= 0.3 is 0 Å². The minimum atomic E-state index is 0.282. The summed E-state index contributed by atoms with van der Waals surface area (Å²) >= 11 is 0. The van der Waals surface area contributed by atoms with Crippen LogP contribution in [0.4, 0.5) is 0 Å². The maximum Gasteiger partial charge on any atom is 0.0499 e. The van der Waals surface area contributed by atoms with Gasteiger partial charge in [0.1, 0.15) is 0 Å². The van der Waals surface area contributed by atoms with Crippen molar-refractivity contribution in [3.8, 4) is 0 Å². The van der Waals surface area contributed by atoms with E-state index >= 15 is 0 Å². The number of hydrogen-bond donors (Lipinski definition) is 1. The maximum atomic E-state index is 9.33. The third kappa shape index (κ3) is 1.75. The highest BCUT2D eigenvalue weighted by molar-refractivity contribution is 4.91. The van der Waals surface area contributed by atoms with Crippen molar-refractivity contribution in [3.63, 3.8) is 0 Å². The zero-order valence-corrected chi connectivity index (χ0v) is 8.63. The van der Waals surface area contributed by atoms with Crippen LogP contribution in [-0.4, -0.2) is 36.2 Å². The molecule has 76 valence electrons. The van der Waals surface area contributed by atoms with Gasteiger partial charge < -0.3 is 10.0 Å². The number of aliphatic hydroxyl groups is 1. The van der Waals surface area contributed by atoms with Crippen LogP contribution in [0.5, 0.6) is 0 Å². The highest BCUT2D eigenvalue weighted by Crippen LogP contribution is 2.42. The van der Waals surface area contributed by atoms with Gasteiger partial charge in [-0.05, 0) is 32.7 Å². The summed E-state index contributed by atoms with van der Waals surface area (Å²) in [5.41, 5.74) is 0.282. The monoisotopic (exact) mass is 183 g/mol. The molecule has 2 saturated carbocycles. The minimum Gasteiger partial charge on any atom is -0.396 e. The van der Waals surface area contributed by atoms with Crippen molar-refractivity contribution in [2.24, 2.45) is 5.41 Å². The van der Waals surface area contributed by atoms with E-state index in [1.165, 1.54) is 38.5 Å². The molecule has 0 spiro atoms. The summed E-state index contributed by atoms with van der Waals surface area (Å²) in [5, 5.41) is 9.33. The third-order valence-electron chi connectivity index (χ3n) is 4.03. The highest BCUT2D eigenvalue weighted by Gasteiger charge is 2.38. The molecule has 0 unspecified atom stereocenters. The van der Waals surface area contributed by atoms with E-state index in [2.05, 4.69) is 11.9 Å². The van der Waals surface area contributed by atoms with E-state index < -0.39 is 0 Å². The number of rotatable bonds is 4. The van der Waals surface area contributed by atoms with E-state index in [9.17, 15) is 5.11 Å². The molecule has 13 heavy (non-hydrogen) atoms. The standard InChI is InChI=1S/C11H21NO/c1-12(10-4-2-5-10)8-11(9-13)6-3-7-11/h10,13H,2-9H2,1H3. The Morgan fingerprint density at radius 1 is 1.31 bits per heavy atom. The van der Waals surface area contributed by atoms with Crippen molar-refractivity contribution in [1.29, 1.82) is 0 Å². The first kappa shape index (κ1) is 9.47. The van der Waals surface area contributed by atoms with Crippen molar-refractivity contribution in [2.45, 2.75) is 44.6 Å². The van der Waals surface area contributed by atoms with Gasteiger partial charge in [0.15, 0.2) is 0 Å². The normalized spacial score (nSPS) is 27.0. The van der Waals surface area contributed by atoms with E-state index in [-0.39, 0.29) is 5.41 Å². The lowest BCUT2D eigenvalue weighted by atomic mass is 9.68. The number of nitrogens with zero attached hydrogens (tertiary/aromatic N) is 1. The fourth-order valence-electron chi connectivity index (χ4n) is 2.53. The summed E-state index contributed by atoms with van der Waals surface area (Å²) in [6, 6.07) is 0.823. The fraction of sp³-hybridized carbons (Fsp3) is 1.00. The molecule has 0 amide bonds. The number of hydrogen-bond acceptors (Lipinski definition) is 2. The van der Waals surface area contributed by atoms with Crippen LogP contribution in [0.1, 0.15) is 38.5 Å². The summed E-state index contributed by atoms with van der Waals surface area (Å²) in [4.78, 5) is 2.47. The average Bonchev–Trinajstić information content (AvgIpc) is 1.93. The smallest absolute Gasteiger partial charge is 0.0499 e. The molecule has 0 saturated heterocycles. The van der Waals surface area contributed by atoms with Gasteiger partial charge in [-0.3, -0.25) is 0 Å². The first-order valence-corrected chi connectivity index (χ1v) is 5.57. The zero-order chi connectivity index (χ0) is 9.31. The summed E-state index contributed by atoms with van der Waals surface area (Å²) in [6.07, 6.45) is 7.94. The van der Waals surface area contributed by atoms with Crippen molar-refractivity contribution in [1.82, 2.24) is 4.90 Å². The lowest BCUT2D eigenvalue weighted by Gasteiger charge is -2.46. The second-order valence-electron chi connectivity index (χ2n) is 5.01. The molecule has 0 heterocycles. The Morgan fingerprint density at radius 3 is 2.31 bits per heavy atom. The van der Waals surface area contributed by atoms with Crippen LogP contribution < -0.4 is 0 Å². The molecule has 2 heteroatoms. The largest absolute Gasteiger partial charge is 0.396 e. The molecule has 1 N–H and O–H groups in total. The van der Waals surface area contributed by atoms with Crippen LogP contribution in [0.15, 0.2) is 0 Å². The fourth-order valence-corrected chi connectivity index (χ4v) is 2.53. The molecular formula is C11H21NO. The van der Waals surface area contributed by atoms with E-state index in [4.69, 9.17) is 0 Å². The van der Waals surface area contributed by atoms with Crippen LogP contribution in [0.3, 0.4) is 0 Å². The first-order valence-electron chi connectivity index (χ1n) is 5.57. The summed E-state index contributed by atoms with van der Waals surface area (Å²) < 4.78 is 0. The predicted octanol–water partition coefficient (Wildman–Crippen LogP) is 1.63. The van der Waals surface area contributed by atoms with Crippen LogP contribution >= 0.6 is 0 Å². The molecular weight excluding hydrogens is 162 g/mol. The second kappa shape index (κ2) is 3.58. The van der Waals surface area contributed by atoms with Crippen molar-refractivity contribution < 1.29 is 5.11 Å². The average molecular weight is 183 g/mol. The topological polar surface area (TPSA) is 23.5 Å². The Labute approximate surface area is 80.9 Å². The molecule has 0 aliphatic heterocycles. The molecule has 2 rings (SSSR count). The SMILES string of the molecule is CN(CC1(CO)CCC1)C1CCC1. The quantitative estimate of drug-likeness (QED) is 0.716. The Morgan fingerprint density at radius 2 is 2.00 bits per heavy atom.